The lowest BCUT2D eigenvalue weighted by atomic mass is 10.2. The highest BCUT2D eigenvalue weighted by atomic mass is 19.4. The Morgan fingerprint density at radius 1 is 0.792 bits per heavy atom. The van der Waals surface area contributed by atoms with E-state index in [9.17, 15) is 13.2 Å². The normalized spacial score (nSPS) is 12.0. The number of halogens is 3. The maximum absolute atomic E-state index is 13.5. The van der Waals surface area contributed by atoms with E-state index in [0.717, 1.165) is 5.56 Å². The fraction of sp³-hybridized carbons (Fsp3) is 0.0556. The molecule has 0 aliphatic carbocycles. The predicted molar refractivity (Wildman–Crippen MR) is 84.2 cm³/mol. The Balaban J connectivity index is 1.90. The summed E-state index contributed by atoms with van der Waals surface area (Å²) in [6, 6.07) is 18.5. The van der Waals surface area contributed by atoms with Crippen molar-refractivity contribution in [3.05, 3.63) is 66.7 Å². The molecular weight excluding hydrogens is 317 g/mol. The molecule has 0 radical (unpaired) electrons. The predicted octanol–water partition coefficient (Wildman–Crippen LogP) is 5.44. The zero-order valence-electron chi connectivity index (χ0n) is 12.3. The third-order valence-corrected chi connectivity index (χ3v) is 3.70. The van der Waals surface area contributed by atoms with Gasteiger partial charge in [-0.25, -0.2) is 9.55 Å². The molecule has 0 aliphatic heterocycles. The average molecular weight is 328 g/mol. The Kier molecular flexibility index (Phi) is 3.19. The summed E-state index contributed by atoms with van der Waals surface area (Å²) in [5.41, 5.74) is 1.05. The summed E-state index contributed by atoms with van der Waals surface area (Å²) in [4.78, 5) is 4.11. The van der Waals surface area contributed by atoms with Crippen molar-refractivity contribution in [2.75, 3.05) is 0 Å². The van der Waals surface area contributed by atoms with Gasteiger partial charge in [0.2, 0.25) is 0 Å². The Morgan fingerprint density at radius 3 is 2.21 bits per heavy atom. The molecule has 0 fully saturated rings. The summed E-state index contributed by atoms with van der Waals surface area (Å²) in [7, 11) is 0. The minimum Gasteiger partial charge on any atom is -0.453 e. The van der Waals surface area contributed by atoms with Gasteiger partial charge in [-0.1, -0.05) is 42.5 Å². The van der Waals surface area contributed by atoms with Crippen LogP contribution in [0.3, 0.4) is 0 Å². The van der Waals surface area contributed by atoms with Gasteiger partial charge in [0.25, 0.3) is 0 Å². The zero-order valence-corrected chi connectivity index (χ0v) is 12.3. The van der Waals surface area contributed by atoms with Crippen LogP contribution in [0.2, 0.25) is 0 Å². The summed E-state index contributed by atoms with van der Waals surface area (Å²) in [5, 5.41) is 0. The third kappa shape index (κ3) is 2.36. The van der Waals surface area contributed by atoms with E-state index in [-0.39, 0.29) is 27.2 Å². The highest BCUT2D eigenvalue weighted by molar-refractivity contribution is 5.80. The van der Waals surface area contributed by atoms with E-state index in [2.05, 4.69) is 4.98 Å². The van der Waals surface area contributed by atoms with Crippen LogP contribution in [0.4, 0.5) is 13.2 Å². The van der Waals surface area contributed by atoms with Gasteiger partial charge in [-0.15, -0.1) is 13.2 Å². The summed E-state index contributed by atoms with van der Waals surface area (Å²) >= 11 is 0. The van der Waals surface area contributed by atoms with Crippen LogP contribution >= 0.6 is 0 Å². The molecule has 4 aromatic rings. The van der Waals surface area contributed by atoms with E-state index >= 15 is 0 Å². The Morgan fingerprint density at radius 2 is 1.46 bits per heavy atom. The maximum atomic E-state index is 13.5. The molecule has 0 aliphatic rings. The molecule has 6 heteroatoms. The number of imidazole rings is 1. The number of fused-ring (bicyclic) bond motifs is 1. The van der Waals surface area contributed by atoms with Gasteiger partial charge in [0.05, 0.1) is 11.0 Å². The van der Waals surface area contributed by atoms with Crippen LogP contribution in [0.15, 0.2) is 71.1 Å². The second-order valence-electron chi connectivity index (χ2n) is 5.26. The molecule has 0 unspecified atom stereocenters. The Bertz CT molecular complexity index is 1000. The first-order valence-electron chi connectivity index (χ1n) is 7.24. The van der Waals surface area contributed by atoms with E-state index in [1.807, 2.05) is 30.3 Å². The minimum atomic E-state index is -4.59. The summed E-state index contributed by atoms with van der Waals surface area (Å²) in [6.07, 6.45) is -4.59. The number of furan rings is 1. The fourth-order valence-electron chi connectivity index (χ4n) is 2.66. The fourth-order valence-corrected chi connectivity index (χ4v) is 2.66. The van der Waals surface area contributed by atoms with Gasteiger partial charge in [0, 0.05) is 5.56 Å². The highest BCUT2D eigenvalue weighted by Gasteiger charge is 2.36. The molecule has 24 heavy (non-hydrogen) atoms. The van der Waals surface area contributed by atoms with Crippen molar-refractivity contribution in [1.29, 1.82) is 0 Å². The lowest BCUT2D eigenvalue weighted by Gasteiger charge is -2.11. The highest BCUT2D eigenvalue weighted by Crippen LogP contribution is 2.36. The maximum Gasteiger partial charge on any atom is 0.490 e. The van der Waals surface area contributed by atoms with Crippen molar-refractivity contribution in [3.8, 4) is 22.9 Å². The topological polar surface area (TPSA) is 31.0 Å². The zero-order chi connectivity index (χ0) is 16.7. The van der Waals surface area contributed by atoms with Crippen molar-refractivity contribution in [1.82, 2.24) is 9.55 Å². The van der Waals surface area contributed by atoms with Crippen LogP contribution < -0.4 is 0 Å². The number of alkyl halides is 3. The summed E-state index contributed by atoms with van der Waals surface area (Å²) in [6.45, 7) is 0. The van der Waals surface area contributed by atoms with Crippen LogP contribution in [0.1, 0.15) is 0 Å². The molecule has 2 aromatic carbocycles. The molecule has 0 N–H and O–H groups in total. The second-order valence-corrected chi connectivity index (χ2v) is 5.26. The van der Waals surface area contributed by atoms with Gasteiger partial charge < -0.3 is 4.42 Å². The largest absolute Gasteiger partial charge is 0.490 e. The lowest BCUT2D eigenvalue weighted by Crippen LogP contribution is -2.17. The van der Waals surface area contributed by atoms with Gasteiger partial charge >= 0.3 is 6.30 Å². The second kappa shape index (κ2) is 5.26. The smallest absolute Gasteiger partial charge is 0.453 e. The molecule has 0 saturated carbocycles. The molecule has 2 aromatic heterocycles. The Hall–Kier alpha value is -3.02. The number of aromatic nitrogens is 2. The molecule has 0 atom stereocenters. The average Bonchev–Trinajstić information content (AvgIpc) is 3.19. The van der Waals surface area contributed by atoms with Gasteiger partial charge in [-0.2, -0.15) is 0 Å². The number of para-hydroxylation sites is 2. The molecule has 0 amide bonds. The first kappa shape index (κ1) is 14.6. The van der Waals surface area contributed by atoms with Crippen molar-refractivity contribution >= 4 is 11.0 Å². The van der Waals surface area contributed by atoms with Crippen LogP contribution in [0, 0.1) is 0 Å². The summed E-state index contributed by atoms with van der Waals surface area (Å²) < 4.78 is 46.4. The van der Waals surface area contributed by atoms with E-state index < -0.39 is 6.30 Å². The Labute approximate surface area is 135 Å². The molecule has 0 spiro atoms. The quantitative estimate of drug-likeness (QED) is 0.490. The number of hydrogen-bond acceptors (Lipinski definition) is 2. The first-order chi connectivity index (χ1) is 11.5. The monoisotopic (exact) mass is 328 g/mol. The van der Waals surface area contributed by atoms with E-state index in [1.54, 1.807) is 24.3 Å². The molecule has 4 rings (SSSR count). The van der Waals surface area contributed by atoms with Crippen molar-refractivity contribution < 1.29 is 17.6 Å². The molecule has 3 nitrogen and oxygen atoms in total. The summed E-state index contributed by atoms with van der Waals surface area (Å²) in [5.74, 6) is 0.305. The van der Waals surface area contributed by atoms with E-state index in [0.29, 0.717) is 5.76 Å². The first-order valence-corrected chi connectivity index (χ1v) is 7.24. The van der Waals surface area contributed by atoms with Gasteiger partial charge in [0.15, 0.2) is 11.6 Å². The van der Waals surface area contributed by atoms with E-state index in [4.69, 9.17) is 4.42 Å². The number of nitrogens with zero attached hydrogens (tertiary/aromatic N) is 2. The standard InChI is InChI=1S/C18H11F3N2O/c19-18(20,21)23-14-9-5-4-8-13(14)22-17(23)16-11-10-15(24-16)12-6-2-1-3-7-12/h1-11H. The van der Waals surface area contributed by atoms with Crippen LogP contribution in [0.5, 0.6) is 0 Å². The SMILES string of the molecule is FC(F)(F)n1c(-c2ccc(-c3ccccc3)o2)nc2ccccc21. The number of benzene rings is 2. The minimum absolute atomic E-state index is 0.00217. The van der Waals surface area contributed by atoms with Crippen LogP contribution in [-0.2, 0) is 6.30 Å². The van der Waals surface area contributed by atoms with Crippen molar-refractivity contribution in [2.24, 2.45) is 0 Å². The molecule has 0 saturated heterocycles. The molecular formula is C18H11F3N2O. The molecule has 2 heterocycles. The van der Waals surface area contributed by atoms with Gasteiger partial charge in [-0.3, -0.25) is 0 Å². The van der Waals surface area contributed by atoms with Crippen molar-refractivity contribution in [3.63, 3.8) is 0 Å². The van der Waals surface area contributed by atoms with Crippen LogP contribution in [0.25, 0.3) is 33.9 Å². The van der Waals surface area contributed by atoms with Crippen LogP contribution in [-0.4, -0.2) is 9.55 Å². The molecule has 0 bridgehead atoms. The van der Waals surface area contributed by atoms with Gasteiger partial charge in [0.1, 0.15) is 5.76 Å². The third-order valence-electron chi connectivity index (χ3n) is 3.70. The number of hydrogen-bond donors (Lipinski definition) is 0. The van der Waals surface area contributed by atoms with E-state index in [1.165, 1.54) is 12.1 Å². The lowest BCUT2D eigenvalue weighted by molar-refractivity contribution is -0.199. The van der Waals surface area contributed by atoms with Crippen molar-refractivity contribution in [2.45, 2.75) is 6.30 Å². The molecule has 120 valence electrons. The van der Waals surface area contributed by atoms with Gasteiger partial charge in [-0.05, 0) is 24.3 Å². The number of rotatable bonds is 2.